The maximum atomic E-state index is 4.75. The van der Waals surface area contributed by atoms with Crippen LogP contribution in [0.3, 0.4) is 0 Å². The van der Waals surface area contributed by atoms with Gasteiger partial charge in [0.05, 0.1) is 5.54 Å². The van der Waals surface area contributed by atoms with E-state index >= 15 is 0 Å². The van der Waals surface area contributed by atoms with E-state index in [2.05, 4.69) is 38.9 Å². The molecule has 3 nitrogen and oxygen atoms in total. The molecule has 106 valence electrons. The third-order valence-electron chi connectivity index (χ3n) is 3.38. The summed E-state index contributed by atoms with van der Waals surface area (Å²) in [4.78, 5) is 4.75. The van der Waals surface area contributed by atoms with Crippen molar-refractivity contribution in [2.24, 2.45) is 10.1 Å². The summed E-state index contributed by atoms with van der Waals surface area (Å²) in [6.07, 6.45) is 9.86. The Kier molecular flexibility index (Phi) is 4.71. The topological polar surface area (TPSA) is 28.0 Å². The molecule has 0 fully saturated rings. The predicted molar refractivity (Wildman–Crippen MR) is 85.5 cm³/mol. The van der Waals surface area contributed by atoms with Gasteiger partial charge in [-0.05, 0) is 51.5 Å². The molecule has 0 N–H and O–H groups in total. The third kappa shape index (κ3) is 3.85. The maximum Gasteiger partial charge on any atom is 0.191 e. The minimum Gasteiger partial charge on any atom is -0.250 e. The van der Waals surface area contributed by atoms with Crippen LogP contribution < -0.4 is 0 Å². The zero-order chi connectivity index (χ0) is 13.9. The summed E-state index contributed by atoms with van der Waals surface area (Å²) in [6.45, 7) is 8.66. The van der Waals surface area contributed by atoms with Gasteiger partial charge in [0.25, 0.3) is 0 Å². The second kappa shape index (κ2) is 6.12. The number of unbranched alkanes of at least 4 members (excludes halogenated alkanes) is 4. The van der Waals surface area contributed by atoms with Gasteiger partial charge >= 0.3 is 0 Å². The van der Waals surface area contributed by atoms with Crippen LogP contribution in [-0.4, -0.2) is 20.8 Å². The van der Waals surface area contributed by atoms with Crippen LogP contribution in [0.15, 0.2) is 21.9 Å². The molecular weight excluding hydrogens is 254 g/mol. The number of hydrogen-bond acceptors (Lipinski definition) is 4. The van der Waals surface area contributed by atoms with E-state index in [1.54, 1.807) is 11.8 Å². The molecule has 0 unspecified atom stereocenters. The highest BCUT2D eigenvalue weighted by Crippen LogP contribution is 2.33. The van der Waals surface area contributed by atoms with Gasteiger partial charge in [-0.3, -0.25) is 0 Å². The predicted octanol–water partition coefficient (Wildman–Crippen LogP) is 4.76. The minimum atomic E-state index is -0.0883. The van der Waals surface area contributed by atoms with E-state index in [-0.39, 0.29) is 5.54 Å². The van der Waals surface area contributed by atoms with Crippen molar-refractivity contribution < 1.29 is 0 Å². The van der Waals surface area contributed by atoms with Crippen molar-refractivity contribution in [3.8, 4) is 0 Å². The van der Waals surface area contributed by atoms with Crippen molar-refractivity contribution in [2.45, 2.75) is 71.8 Å². The summed E-state index contributed by atoms with van der Waals surface area (Å²) in [7, 11) is 0. The fourth-order valence-electron chi connectivity index (χ4n) is 2.46. The van der Waals surface area contributed by atoms with E-state index in [0.717, 1.165) is 11.6 Å². The van der Waals surface area contributed by atoms with E-state index in [9.17, 15) is 0 Å². The van der Waals surface area contributed by atoms with Crippen molar-refractivity contribution in [3.05, 3.63) is 11.8 Å². The zero-order valence-electron chi connectivity index (χ0n) is 12.6. The molecule has 0 radical (unpaired) electrons. The van der Waals surface area contributed by atoms with Gasteiger partial charge in [0.1, 0.15) is 5.04 Å². The molecule has 2 aliphatic rings. The molecule has 0 bridgehead atoms. The van der Waals surface area contributed by atoms with Gasteiger partial charge in [0.15, 0.2) is 5.17 Å². The highest BCUT2D eigenvalue weighted by molar-refractivity contribution is 8.26. The van der Waals surface area contributed by atoms with Gasteiger partial charge in [0, 0.05) is 5.70 Å². The molecule has 0 spiro atoms. The number of thioether (sulfide) groups is 1. The fourth-order valence-corrected chi connectivity index (χ4v) is 3.59. The largest absolute Gasteiger partial charge is 0.250 e. The maximum absolute atomic E-state index is 4.75. The normalized spacial score (nSPS) is 20.8. The quantitative estimate of drug-likeness (QED) is 0.656. The fraction of sp³-hybridized carbons (Fsp3) is 0.733. The average Bonchev–Trinajstić information content (AvgIpc) is 2.70. The first kappa shape index (κ1) is 14.6. The van der Waals surface area contributed by atoms with Gasteiger partial charge in [0.2, 0.25) is 0 Å². The van der Waals surface area contributed by atoms with Crippen LogP contribution in [0.2, 0.25) is 0 Å². The van der Waals surface area contributed by atoms with E-state index in [4.69, 9.17) is 4.99 Å². The average molecular weight is 279 g/mol. The summed E-state index contributed by atoms with van der Waals surface area (Å²) in [6, 6.07) is 0. The lowest BCUT2D eigenvalue weighted by Crippen LogP contribution is -2.29. The second-order valence-corrected chi connectivity index (χ2v) is 6.95. The Morgan fingerprint density at radius 2 is 1.95 bits per heavy atom. The molecule has 0 aromatic carbocycles. The molecule has 0 atom stereocenters. The molecule has 2 heterocycles. The standard InChI is InChI=1S/C15H25N3S/c1-5-6-7-8-9-10-13-17-18-12(2)11-15(3,4)16-14(18)19-13/h11H,5-10H2,1-4H3. The van der Waals surface area contributed by atoms with E-state index in [1.807, 2.05) is 5.01 Å². The highest BCUT2D eigenvalue weighted by atomic mass is 32.2. The number of rotatable bonds is 6. The number of nitrogens with zero attached hydrogens (tertiary/aromatic N) is 3. The van der Waals surface area contributed by atoms with Gasteiger partial charge in [-0.1, -0.05) is 32.6 Å². The van der Waals surface area contributed by atoms with Crippen LogP contribution in [0.4, 0.5) is 0 Å². The molecule has 0 saturated heterocycles. The van der Waals surface area contributed by atoms with E-state index < -0.39 is 0 Å². The Balaban J connectivity index is 1.87. The minimum absolute atomic E-state index is 0.0883. The highest BCUT2D eigenvalue weighted by Gasteiger charge is 2.31. The van der Waals surface area contributed by atoms with Crippen LogP contribution in [-0.2, 0) is 0 Å². The number of amidine groups is 1. The molecule has 19 heavy (non-hydrogen) atoms. The summed E-state index contributed by atoms with van der Waals surface area (Å²) < 4.78 is 0. The molecule has 0 aromatic heterocycles. The van der Waals surface area contributed by atoms with Gasteiger partial charge in [-0.15, -0.1) is 0 Å². The molecule has 2 aliphatic heterocycles. The molecular formula is C15H25N3S. The Hall–Kier alpha value is -0.770. The number of hydrogen-bond donors (Lipinski definition) is 0. The summed E-state index contributed by atoms with van der Waals surface area (Å²) in [5.74, 6) is 0. The number of hydrazone groups is 1. The van der Waals surface area contributed by atoms with Crippen molar-refractivity contribution in [1.82, 2.24) is 5.01 Å². The van der Waals surface area contributed by atoms with E-state index in [0.29, 0.717) is 0 Å². The molecule has 0 aliphatic carbocycles. The second-order valence-electron chi connectivity index (χ2n) is 5.91. The molecule has 0 amide bonds. The number of allylic oxidation sites excluding steroid dienone is 1. The molecule has 4 heteroatoms. The first-order valence-electron chi connectivity index (χ1n) is 7.36. The Morgan fingerprint density at radius 1 is 1.21 bits per heavy atom. The lowest BCUT2D eigenvalue weighted by Gasteiger charge is -2.27. The van der Waals surface area contributed by atoms with E-state index in [1.165, 1.54) is 42.8 Å². The molecule has 2 rings (SSSR count). The van der Waals surface area contributed by atoms with Crippen molar-refractivity contribution in [1.29, 1.82) is 0 Å². The Morgan fingerprint density at radius 3 is 2.68 bits per heavy atom. The van der Waals surface area contributed by atoms with Crippen LogP contribution in [0.5, 0.6) is 0 Å². The summed E-state index contributed by atoms with van der Waals surface area (Å²) in [5.41, 5.74) is 1.11. The monoisotopic (exact) mass is 279 g/mol. The first-order valence-corrected chi connectivity index (χ1v) is 8.18. The third-order valence-corrected chi connectivity index (χ3v) is 4.34. The summed E-state index contributed by atoms with van der Waals surface area (Å²) in [5, 5.41) is 8.96. The van der Waals surface area contributed by atoms with Gasteiger partial charge in [-0.25, -0.2) is 10.0 Å². The zero-order valence-corrected chi connectivity index (χ0v) is 13.4. The van der Waals surface area contributed by atoms with Gasteiger partial charge < -0.3 is 0 Å². The Bertz CT molecular complexity index is 421. The number of fused-ring (bicyclic) bond motifs is 1. The van der Waals surface area contributed by atoms with Gasteiger partial charge in [-0.2, -0.15) is 5.10 Å². The van der Waals surface area contributed by atoms with Crippen LogP contribution in [0.25, 0.3) is 0 Å². The SMILES string of the molecule is CCCCCCCC1=NN2C(C)=CC(C)(C)N=C2S1. The van der Waals surface area contributed by atoms with Crippen molar-refractivity contribution >= 4 is 22.0 Å². The van der Waals surface area contributed by atoms with Crippen LogP contribution in [0, 0.1) is 0 Å². The van der Waals surface area contributed by atoms with Crippen molar-refractivity contribution in [3.63, 3.8) is 0 Å². The first-order chi connectivity index (χ1) is 9.02. The lowest BCUT2D eigenvalue weighted by molar-refractivity contribution is 0.505. The lowest BCUT2D eigenvalue weighted by atomic mass is 10.0. The number of aliphatic imine (C=N–C) groups is 1. The molecule has 0 saturated carbocycles. The Labute approximate surface area is 121 Å². The smallest absolute Gasteiger partial charge is 0.191 e. The van der Waals surface area contributed by atoms with Crippen molar-refractivity contribution in [2.75, 3.05) is 0 Å². The molecule has 0 aromatic rings. The summed E-state index contributed by atoms with van der Waals surface area (Å²) >= 11 is 1.75. The van der Waals surface area contributed by atoms with Crippen LogP contribution >= 0.6 is 11.8 Å². The van der Waals surface area contributed by atoms with Crippen LogP contribution in [0.1, 0.15) is 66.2 Å².